The average molecular weight is 324 g/mol. The van der Waals surface area contributed by atoms with Crippen LogP contribution in [0.3, 0.4) is 0 Å². The molecule has 0 saturated heterocycles. The molecule has 0 amide bonds. The van der Waals surface area contributed by atoms with Crippen LogP contribution in [-0.2, 0) is 9.47 Å². The third-order valence-electron chi connectivity index (χ3n) is 1.68. The third kappa shape index (κ3) is 4.15. The van der Waals surface area contributed by atoms with E-state index in [1.807, 2.05) is 0 Å². The van der Waals surface area contributed by atoms with Gasteiger partial charge in [-0.2, -0.15) is 39.5 Å². The number of halogens is 10. The summed E-state index contributed by atoms with van der Waals surface area (Å²) < 4.78 is 128. The van der Waals surface area contributed by atoms with E-state index < -0.39 is 49.9 Å². The quantitative estimate of drug-likeness (QED) is 0.396. The van der Waals surface area contributed by atoms with Gasteiger partial charge in [0.25, 0.3) is 0 Å². The second kappa shape index (κ2) is 6.50. The first kappa shape index (κ1) is 18.8. The smallest absolute Gasteiger partial charge is 0.398 e. The van der Waals surface area contributed by atoms with Crippen LogP contribution in [0.15, 0.2) is 12.1 Å². The molecule has 12 heteroatoms. The Bertz CT molecular complexity index is 348. The summed E-state index contributed by atoms with van der Waals surface area (Å²) in [5.41, 5.74) is 0. The summed E-state index contributed by atoms with van der Waals surface area (Å²) in [6.45, 7) is -2.80. The van der Waals surface area contributed by atoms with Crippen molar-refractivity contribution in [2.45, 2.75) is 24.6 Å². The first-order valence-electron chi connectivity index (χ1n) is 4.62. The summed E-state index contributed by atoms with van der Waals surface area (Å²) in [6.07, 6.45) is -17.0. The SMILES string of the molecule is FCCCOC(F)(C(F)(F)F)C(F)(F)OC(F)=C(F)F. The molecule has 0 aromatic rings. The predicted octanol–water partition coefficient (Wildman–Crippen LogP) is 4.24. The molecule has 2 nitrogen and oxygen atoms in total. The summed E-state index contributed by atoms with van der Waals surface area (Å²) in [4.78, 5) is 0. The fraction of sp³-hybridized carbons (Fsp3) is 0.750. The van der Waals surface area contributed by atoms with Crippen molar-refractivity contribution in [2.75, 3.05) is 13.3 Å². The van der Waals surface area contributed by atoms with Gasteiger partial charge in [-0.05, 0) is 6.42 Å². The second-order valence-corrected chi connectivity index (χ2v) is 3.14. The Balaban J connectivity index is 5.35. The molecule has 0 bridgehead atoms. The summed E-state index contributed by atoms with van der Waals surface area (Å²) in [5.74, 6) is -5.93. The lowest BCUT2D eigenvalue weighted by Crippen LogP contribution is -2.58. The highest BCUT2D eigenvalue weighted by molar-refractivity contribution is 4.91. The van der Waals surface area contributed by atoms with Crippen LogP contribution in [0.25, 0.3) is 0 Å². The molecular formula is C8H6F10O2. The fourth-order valence-corrected chi connectivity index (χ4v) is 0.815. The molecule has 0 aromatic heterocycles. The summed E-state index contributed by atoms with van der Waals surface area (Å²) >= 11 is 0. The van der Waals surface area contributed by atoms with Crippen LogP contribution in [0.4, 0.5) is 43.9 Å². The van der Waals surface area contributed by atoms with Gasteiger partial charge in [-0.3, -0.25) is 4.39 Å². The van der Waals surface area contributed by atoms with Gasteiger partial charge in [-0.1, -0.05) is 0 Å². The van der Waals surface area contributed by atoms with E-state index in [9.17, 15) is 43.9 Å². The molecule has 0 saturated carbocycles. The fourth-order valence-electron chi connectivity index (χ4n) is 0.815. The predicted molar refractivity (Wildman–Crippen MR) is 42.8 cm³/mol. The monoisotopic (exact) mass is 324 g/mol. The summed E-state index contributed by atoms with van der Waals surface area (Å²) in [7, 11) is 0. The summed E-state index contributed by atoms with van der Waals surface area (Å²) in [6, 6.07) is -3.41. The molecule has 1 atom stereocenters. The first-order valence-corrected chi connectivity index (χ1v) is 4.62. The van der Waals surface area contributed by atoms with Crippen molar-refractivity contribution in [3.8, 4) is 0 Å². The van der Waals surface area contributed by atoms with Crippen LogP contribution >= 0.6 is 0 Å². The number of rotatable bonds is 7. The number of hydrogen-bond acceptors (Lipinski definition) is 2. The zero-order chi connectivity index (χ0) is 16.2. The molecule has 0 spiro atoms. The Labute approximate surface area is 104 Å². The lowest BCUT2D eigenvalue weighted by atomic mass is 10.2. The van der Waals surface area contributed by atoms with Gasteiger partial charge in [-0.25, -0.2) is 0 Å². The molecule has 0 N–H and O–H groups in total. The van der Waals surface area contributed by atoms with Crippen molar-refractivity contribution >= 4 is 0 Å². The Morgan fingerprint density at radius 2 is 1.40 bits per heavy atom. The first-order chi connectivity index (χ1) is 8.89. The van der Waals surface area contributed by atoms with Crippen LogP contribution in [0, 0.1) is 0 Å². The van der Waals surface area contributed by atoms with Crippen LogP contribution < -0.4 is 0 Å². The third-order valence-corrected chi connectivity index (χ3v) is 1.68. The number of ether oxygens (including phenoxy) is 2. The van der Waals surface area contributed by atoms with Crippen molar-refractivity contribution in [3.63, 3.8) is 0 Å². The van der Waals surface area contributed by atoms with Gasteiger partial charge in [-0.15, -0.1) is 0 Å². The van der Waals surface area contributed by atoms with Crippen LogP contribution in [-0.4, -0.2) is 31.4 Å². The van der Waals surface area contributed by atoms with Crippen LogP contribution in [0.1, 0.15) is 6.42 Å². The van der Waals surface area contributed by atoms with E-state index in [-0.39, 0.29) is 0 Å². The van der Waals surface area contributed by atoms with Crippen molar-refractivity contribution in [3.05, 3.63) is 12.1 Å². The second-order valence-electron chi connectivity index (χ2n) is 3.14. The minimum Gasteiger partial charge on any atom is -0.398 e. The molecule has 0 aliphatic rings. The Morgan fingerprint density at radius 1 is 0.900 bits per heavy atom. The van der Waals surface area contributed by atoms with Crippen LogP contribution in [0.2, 0.25) is 0 Å². The molecule has 0 aliphatic heterocycles. The summed E-state index contributed by atoms with van der Waals surface area (Å²) in [5, 5.41) is 0. The van der Waals surface area contributed by atoms with E-state index in [4.69, 9.17) is 0 Å². The molecule has 0 radical (unpaired) electrons. The molecule has 0 aromatic carbocycles. The number of alkyl halides is 7. The molecule has 0 aliphatic carbocycles. The van der Waals surface area contributed by atoms with E-state index >= 15 is 0 Å². The van der Waals surface area contributed by atoms with Gasteiger partial charge >= 0.3 is 30.2 Å². The topological polar surface area (TPSA) is 18.5 Å². The van der Waals surface area contributed by atoms with E-state index in [0.717, 1.165) is 0 Å². The Hall–Kier alpha value is -1.20. The maximum atomic E-state index is 13.2. The molecule has 0 heterocycles. The normalized spacial score (nSPS) is 15.7. The van der Waals surface area contributed by atoms with E-state index in [2.05, 4.69) is 9.47 Å². The largest absolute Gasteiger partial charge is 0.471 e. The van der Waals surface area contributed by atoms with Gasteiger partial charge in [0.1, 0.15) is 0 Å². The van der Waals surface area contributed by atoms with Crippen molar-refractivity contribution in [2.24, 2.45) is 0 Å². The zero-order valence-corrected chi connectivity index (χ0v) is 9.22. The average Bonchev–Trinajstić information content (AvgIpc) is 2.26. The van der Waals surface area contributed by atoms with E-state index in [1.54, 1.807) is 0 Å². The van der Waals surface area contributed by atoms with Gasteiger partial charge in [0.05, 0.1) is 13.3 Å². The Morgan fingerprint density at radius 3 is 1.75 bits per heavy atom. The van der Waals surface area contributed by atoms with Crippen molar-refractivity contribution in [1.82, 2.24) is 0 Å². The minimum absolute atomic E-state index is 0.895. The minimum atomic E-state index is -6.46. The van der Waals surface area contributed by atoms with Crippen molar-refractivity contribution in [1.29, 1.82) is 0 Å². The molecular weight excluding hydrogens is 318 g/mol. The molecule has 20 heavy (non-hydrogen) atoms. The molecule has 120 valence electrons. The van der Waals surface area contributed by atoms with Crippen molar-refractivity contribution < 1.29 is 53.4 Å². The van der Waals surface area contributed by atoms with E-state index in [0.29, 0.717) is 0 Å². The maximum Gasteiger partial charge on any atom is 0.471 e. The molecule has 0 rings (SSSR count). The van der Waals surface area contributed by atoms with Gasteiger partial charge in [0.2, 0.25) is 0 Å². The van der Waals surface area contributed by atoms with Crippen LogP contribution in [0.5, 0.6) is 0 Å². The highest BCUT2D eigenvalue weighted by atomic mass is 19.4. The Kier molecular flexibility index (Phi) is 6.11. The highest BCUT2D eigenvalue weighted by Gasteiger charge is 2.76. The standard InChI is InChI=1S/C8H6F10O2/c9-2-1-3-19-6(13,7(14,15)16)8(17,18)20-5(12)4(10)11/h1-3H2. The highest BCUT2D eigenvalue weighted by Crippen LogP contribution is 2.48. The molecule has 0 fully saturated rings. The van der Waals surface area contributed by atoms with Gasteiger partial charge in [0.15, 0.2) is 0 Å². The zero-order valence-electron chi connectivity index (χ0n) is 9.22. The maximum absolute atomic E-state index is 13.2. The van der Waals surface area contributed by atoms with Gasteiger partial charge in [0, 0.05) is 0 Å². The lowest BCUT2D eigenvalue weighted by molar-refractivity contribution is -0.454. The molecule has 1 unspecified atom stereocenters. The lowest BCUT2D eigenvalue weighted by Gasteiger charge is -2.32. The number of hydrogen-bond donors (Lipinski definition) is 0. The van der Waals surface area contributed by atoms with E-state index in [1.165, 1.54) is 0 Å². The van der Waals surface area contributed by atoms with Gasteiger partial charge < -0.3 is 9.47 Å².